The van der Waals surface area contributed by atoms with Crippen LogP contribution >= 0.6 is 24.4 Å². The monoisotopic (exact) mass is 758 g/mol. The van der Waals surface area contributed by atoms with Gasteiger partial charge in [-0.05, 0) is 176 Å². The number of H-pyrrole nitrogens is 2. The molecule has 0 saturated carbocycles. The van der Waals surface area contributed by atoms with Crippen molar-refractivity contribution in [3.05, 3.63) is 59.9 Å². The first kappa shape index (κ1) is 41.0. The van der Waals surface area contributed by atoms with Crippen molar-refractivity contribution in [3.8, 4) is 0 Å². The topological polar surface area (TPSA) is 86.2 Å². The maximum atomic E-state index is 5.41. The second-order valence-corrected chi connectivity index (χ2v) is 16.3. The van der Waals surface area contributed by atoms with Gasteiger partial charge in [0.2, 0.25) is 0 Å². The molecular formula is C43H66N8S2. The van der Waals surface area contributed by atoms with Gasteiger partial charge in [0, 0.05) is 70.7 Å². The SMILES string of the molecule is CCCCNC(=S)Nc1ccc2[nH]cc(C3CCN(C(C)C)CC3)c2c1.CCCNC(=S)Nc1ccc2[nH]cc(C3CCN(C(C)CCC)CC3)c2c1. The Hall–Kier alpha value is -3.18. The van der Waals surface area contributed by atoms with Crippen molar-refractivity contribution in [1.82, 2.24) is 30.4 Å². The summed E-state index contributed by atoms with van der Waals surface area (Å²) in [6.07, 6.45) is 15.3. The van der Waals surface area contributed by atoms with Gasteiger partial charge in [-0.15, -0.1) is 0 Å². The molecule has 2 aliphatic rings. The van der Waals surface area contributed by atoms with Crippen LogP contribution in [-0.2, 0) is 0 Å². The van der Waals surface area contributed by atoms with E-state index in [4.69, 9.17) is 24.4 Å². The molecule has 1 unspecified atom stereocenters. The number of unbranched alkanes of at least 4 members (excludes halogenated alkanes) is 1. The fourth-order valence-corrected chi connectivity index (χ4v) is 8.50. The fourth-order valence-electron chi connectivity index (χ4n) is 8.06. The number of piperidine rings is 2. The maximum Gasteiger partial charge on any atom is 0.170 e. The number of aromatic nitrogens is 2. The van der Waals surface area contributed by atoms with Gasteiger partial charge in [-0.2, -0.15) is 0 Å². The van der Waals surface area contributed by atoms with Crippen molar-refractivity contribution in [2.24, 2.45) is 0 Å². The van der Waals surface area contributed by atoms with Crippen LogP contribution in [0.15, 0.2) is 48.8 Å². The minimum Gasteiger partial charge on any atom is -0.362 e. The van der Waals surface area contributed by atoms with Crippen molar-refractivity contribution in [3.63, 3.8) is 0 Å². The van der Waals surface area contributed by atoms with Gasteiger partial charge in [0.15, 0.2) is 10.2 Å². The molecule has 53 heavy (non-hydrogen) atoms. The number of aromatic amines is 2. The van der Waals surface area contributed by atoms with Gasteiger partial charge >= 0.3 is 0 Å². The minimum atomic E-state index is 0.642. The number of nitrogens with one attached hydrogen (secondary N) is 6. The zero-order valence-corrected chi connectivity index (χ0v) is 34.9. The molecule has 2 saturated heterocycles. The van der Waals surface area contributed by atoms with E-state index in [9.17, 15) is 0 Å². The molecule has 10 heteroatoms. The average Bonchev–Trinajstić information content (AvgIpc) is 3.78. The zero-order valence-electron chi connectivity index (χ0n) is 33.2. The molecule has 0 amide bonds. The Morgan fingerprint density at radius 2 is 1.17 bits per heavy atom. The molecule has 6 N–H and O–H groups in total. The number of anilines is 2. The Labute approximate surface area is 330 Å². The molecule has 2 fully saturated rings. The first-order valence-electron chi connectivity index (χ1n) is 20.5. The number of hydrogen-bond donors (Lipinski definition) is 6. The molecule has 0 radical (unpaired) electrons. The summed E-state index contributed by atoms with van der Waals surface area (Å²) < 4.78 is 0. The lowest BCUT2D eigenvalue weighted by Gasteiger charge is -2.36. The first-order chi connectivity index (χ1) is 25.7. The number of fused-ring (bicyclic) bond motifs is 2. The van der Waals surface area contributed by atoms with Crippen LogP contribution in [0, 0.1) is 0 Å². The van der Waals surface area contributed by atoms with Gasteiger partial charge in [-0.1, -0.05) is 33.6 Å². The van der Waals surface area contributed by atoms with Gasteiger partial charge < -0.3 is 41.0 Å². The summed E-state index contributed by atoms with van der Waals surface area (Å²) in [6.45, 7) is 20.2. The van der Waals surface area contributed by atoms with Crippen LogP contribution in [0.4, 0.5) is 11.4 Å². The summed E-state index contributed by atoms with van der Waals surface area (Å²) in [7, 11) is 0. The molecule has 1 atom stereocenters. The molecule has 0 bridgehead atoms. The van der Waals surface area contributed by atoms with Gasteiger partial charge in [0.25, 0.3) is 0 Å². The number of benzene rings is 2. The molecule has 4 aromatic rings. The van der Waals surface area contributed by atoms with E-state index in [2.05, 4.69) is 131 Å². The minimum absolute atomic E-state index is 0.642. The third-order valence-corrected chi connectivity index (χ3v) is 11.8. The highest BCUT2D eigenvalue weighted by atomic mass is 32.1. The number of nitrogens with zero attached hydrogens (tertiary/aromatic N) is 2. The maximum absolute atomic E-state index is 5.41. The van der Waals surface area contributed by atoms with Crippen molar-refractivity contribution in [2.45, 2.75) is 123 Å². The third kappa shape index (κ3) is 11.4. The molecule has 6 rings (SSSR count). The summed E-state index contributed by atoms with van der Waals surface area (Å²) in [6, 6.07) is 14.3. The fraction of sp³-hybridized carbons (Fsp3) is 0.581. The van der Waals surface area contributed by atoms with Gasteiger partial charge in [0.05, 0.1) is 0 Å². The van der Waals surface area contributed by atoms with Gasteiger partial charge in [-0.25, -0.2) is 0 Å². The Morgan fingerprint density at radius 3 is 1.62 bits per heavy atom. The van der Waals surface area contributed by atoms with E-state index in [1.807, 2.05) is 0 Å². The van der Waals surface area contributed by atoms with Gasteiger partial charge in [0.1, 0.15) is 0 Å². The largest absolute Gasteiger partial charge is 0.362 e. The Balaban J connectivity index is 0.000000204. The molecule has 8 nitrogen and oxygen atoms in total. The van der Waals surface area contributed by atoms with E-state index in [1.165, 1.54) is 104 Å². The molecule has 0 aliphatic carbocycles. The summed E-state index contributed by atoms with van der Waals surface area (Å²) >= 11 is 10.8. The standard InChI is InChI=1S/C22H34N4S.C21H32N4S/c1-4-6-16(3)26-12-9-17(10-13-26)20-15-24-21-8-7-18(14-19(20)21)25-22(27)23-11-5-2;1-4-5-10-22-21(26)24-17-6-7-20-18(13-17)19(14-23-20)16-8-11-25(12-9-16)15(2)3/h7-8,14-17,24H,4-6,9-13H2,1-3H3,(H2,23,25,27);6-7,13-16,23H,4-5,8-12H2,1-3H3,(H2,22,24,26). The summed E-state index contributed by atoms with van der Waals surface area (Å²) in [5.41, 5.74) is 7.46. The smallest absolute Gasteiger partial charge is 0.170 e. The van der Waals surface area contributed by atoms with Crippen LogP contribution in [0.1, 0.15) is 122 Å². The summed E-state index contributed by atoms with van der Waals surface area (Å²) in [5, 5.41) is 17.2. The van der Waals surface area contributed by atoms with Crippen molar-refractivity contribution >= 4 is 67.8 Å². The zero-order chi connectivity index (χ0) is 37.7. The summed E-state index contributed by atoms with van der Waals surface area (Å²) in [5.74, 6) is 1.29. The van der Waals surface area contributed by atoms with Crippen LogP contribution < -0.4 is 21.3 Å². The van der Waals surface area contributed by atoms with Crippen LogP contribution in [0.2, 0.25) is 0 Å². The number of hydrogen-bond acceptors (Lipinski definition) is 4. The Morgan fingerprint density at radius 1 is 0.679 bits per heavy atom. The van der Waals surface area contributed by atoms with E-state index in [0.717, 1.165) is 37.3 Å². The molecule has 2 aromatic heterocycles. The van der Waals surface area contributed by atoms with E-state index in [-0.39, 0.29) is 0 Å². The Bertz CT molecular complexity index is 1730. The molecule has 0 spiro atoms. The molecule has 290 valence electrons. The number of thiocarbonyl (C=S) groups is 2. The lowest BCUT2D eigenvalue weighted by molar-refractivity contribution is 0.155. The quantitative estimate of drug-likeness (QED) is 0.0594. The lowest BCUT2D eigenvalue weighted by atomic mass is 9.88. The van der Waals surface area contributed by atoms with Crippen molar-refractivity contribution in [2.75, 3.05) is 49.9 Å². The van der Waals surface area contributed by atoms with E-state index >= 15 is 0 Å². The lowest BCUT2D eigenvalue weighted by Crippen LogP contribution is -2.39. The second kappa shape index (κ2) is 20.5. The van der Waals surface area contributed by atoms with E-state index in [1.54, 1.807) is 0 Å². The summed E-state index contributed by atoms with van der Waals surface area (Å²) in [4.78, 5) is 12.2. The van der Waals surface area contributed by atoms with Crippen molar-refractivity contribution < 1.29 is 0 Å². The first-order valence-corrected chi connectivity index (χ1v) is 21.3. The molecular weight excluding hydrogens is 693 g/mol. The predicted molar refractivity (Wildman–Crippen MR) is 237 cm³/mol. The predicted octanol–water partition coefficient (Wildman–Crippen LogP) is 10.1. The van der Waals surface area contributed by atoms with Crippen molar-refractivity contribution in [1.29, 1.82) is 0 Å². The van der Waals surface area contributed by atoms with Crippen LogP contribution in [0.3, 0.4) is 0 Å². The number of likely N-dealkylation sites (tertiary alicyclic amines) is 2. The van der Waals surface area contributed by atoms with Crippen LogP contribution in [-0.4, -0.2) is 81.3 Å². The second-order valence-electron chi connectivity index (χ2n) is 15.5. The molecule has 2 aliphatic heterocycles. The van der Waals surface area contributed by atoms with Crippen LogP contribution in [0.5, 0.6) is 0 Å². The van der Waals surface area contributed by atoms with Crippen LogP contribution in [0.25, 0.3) is 21.8 Å². The Kier molecular flexibility index (Phi) is 15.8. The van der Waals surface area contributed by atoms with E-state index in [0.29, 0.717) is 34.1 Å². The molecule has 4 heterocycles. The van der Waals surface area contributed by atoms with Gasteiger partial charge in [-0.3, -0.25) is 0 Å². The molecule has 2 aromatic carbocycles. The highest BCUT2D eigenvalue weighted by Crippen LogP contribution is 2.36. The highest BCUT2D eigenvalue weighted by molar-refractivity contribution is 7.80. The average molecular weight is 759 g/mol. The number of rotatable bonds is 13. The highest BCUT2D eigenvalue weighted by Gasteiger charge is 2.26. The normalized spacial score (nSPS) is 16.7. The third-order valence-electron chi connectivity index (χ3n) is 11.3. The van der Waals surface area contributed by atoms with E-state index < -0.39 is 0 Å².